The topological polar surface area (TPSA) is 136 Å². The Morgan fingerprint density at radius 1 is 0.829 bits per heavy atom. The van der Waals surface area contributed by atoms with Gasteiger partial charge in [0.25, 0.3) is 0 Å². The second-order valence-corrected chi connectivity index (χ2v) is 8.51. The summed E-state index contributed by atoms with van der Waals surface area (Å²) in [6, 6.07) is 13.0. The zero-order chi connectivity index (χ0) is 24.5. The van der Waals surface area contributed by atoms with Crippen molar-refractivity contribution in [2.24, 2.45) is 0 Å². The van der Waals surface area contributed by atoms with Crippen molar-refractivity contribution >= 4 is 23.5 Å². The van der Waals surface area contributed by atoms with Crippen LogP contribution < -0.4 is 4.74 Å². The van der Waals surface area contributed by atoms with Gasteiger partial charge in [-0.2, -0.15) is 0 Å². The second-order valence-electron chi connectivity index (χ2n) is 8.51. The zero-order valence-electron chi connectivity index (χ0n) is 17.9. The molecule has 3 aliphatic rings. The van der Waals surface area contributed by atoms with Crippen LogP contribution in [0.4, 0.5) is 0 Å². The number of phenolic OH excluding ortho intramolecular Hbond substituents is 2. The molecule has 3 aromatic rings. The molecule has 1 saturated carbocycles. The standard InChI is InChI=1S/C26H16O9/c27-13-2-5-17-21(10-13)33-22-11-14(28)3-6-18(22)26(17)16-4-1-12(9-15(16)25(32)35-26)24(31)34-23-19(29)7-8-20(23)30/h1-6,9-11,23,27-28H,7-8H2. The molecule has 0 unspecified atom stereocenters. The molecule has 1 fully saturated rings. The Labute approximate surface area is 197 Å². The molecule has 6 rings (SSSR count). The maximum Gasteiger partial charge on any atom is 0.340 e. The van der Waals surface area contributed by atoms with E-state index >= 15 is 0 Å². The Balaban J connectivity index is 1.48. The quantitative estimate of drug-likeness (QED) is 0.426. The summed E-state index contributed by atoms with van der Waals surface area (Å²) in [5, 5.41) is 20.0. The van der Waals surface area contributed by atoms with Gasteiger partial charge in [-0.1, -0.05) is 6.07 Å². The third kappa shape index (κ3) is 2.94. The summed E-state index contributed by atoms with van der Waals surface area (Å²) in [4.78, 5) is 49.5. The molecular formula is C26H16O9. The van der Waals surface area contributed by atoms with Crippen LogP contribution in [0, 0.1) is 0 Å². The number of fused-ring (bicyclic) bond motifs is 6. The lowest BCUT2D eigenvalue weighted by Gasteiger charge is -2.36. The maximum atomic E-state index is 13.1. The molecule has 35 heavy (non-hydrogen) atoms. The van der Waals surface area contributed by atoms with Gasteiger partial charge in [-0.15, -0.1) is 0 Å². The van der Waals surface area contributed by atoms with Crippen molar-refractivity contribution in [2.75, 3.05) is 0 Å². The minimum atomic E-state index is -1.46. The van der Waals surface area contributed by atoms with E-state index in [-0.39, 0.29) is 47.0 Å². The van der Waals surface area contributed by atoms with Crippen molar-refractivity contribution in [3.8, 4) is 23.0 Å². The summed E-state index contributed by atoms with van der Waals surface area (Å²) in [6.07, 6.45) is -1.37. The fourth-order valence-corrected chi connectivity index (χ4v) is 4.83. The van der Waals surface area contributed by atoms with E-state index in [1.165, 1.54) is 42.5 Å². The Hall–Kier alpha value is -4.66. The highest BCUT2D eigenvalue weighted by molar-refractivity contribution is 6.13. The number of aromatic hydroxyl groups is 2. The molecule has 9 heteroatoms. The normalized spacial score (nSPS) is 17.4. The summed E-state index contributed by atoms with van der Waals surface area (Å²) < 4.78 is 17.0. The molecule has 0 radical (unpaired) electrons. The maximum absolute atomic E-state index is 13.1. The monoisotopic (exact) mass is 472 g/mol. The Morgan fingerprint density at radius 3 is 2.00 bits per heavy atom. The summed E-state index contributed by atoms with van der Waals surface area (Å²) in [7, 11) is 0. The average Bonchev–Trinajstić information content (AvgIpc) is 3.30. The molecule has 2 aliphatic heterocycles. The molecule has 0 aromatic heterocycles. The van der Waals surface area contributed by atoms with Crippen LogP contribution in [0.5, 0.6) is 23.0 Å². The first-order valence-electron chi connectivity index (χ1n) is 10.8. The lowest BCUT2D eigenvalue weighted by atomic mass is 9.77. The predicted molar refractivity (Wildman–Crippen MR) is 116 cm³/mol. The van der Waals surface area contributed by atoms with Crippen LogP contribution in [-0.4, -0.2) is 39.8 Å². The summed E-state index contributed by atoms with van der Waals surface area (Å²) >= 11 is 0. The van der Waals surface area contributed by atoms with Crippen molar-refractivity contribution in [3.05, 3.63) is 82.4 Å². The lowest BCUT2D eigenvalue weighted by molar-refractivity contribution is -0.133. The Kier molecular flexibility index (Phi) is 4.28. The van der Waals surface area contributed by atoms with Crippen LogP contribution in [0.1, 0.15) is 50.2 Å². The van der Waals surface area contributed by atoms with E-state index in [1.54, 1.807) is 12.1 Å². The fraction of sp³-hybridized carbons (Fsp3) is 0.154. The van der Waals surface area contributed by atoms with Gasteiger partial charge in [0.15, 0.2) is 17.2 Å². The minimum absolute atomic E-state index is 0.0193. The van der Waals surface area contributed by atoms with Crippen LogP contribution in [0.15, 0.2) is 54.6 Å². The van der Waals surface area contributed by atoms with Crippen molar-refractivity contribution < 1.29 is 43.6 Å². The predicted octanol–water partition coefficient (Wildman–Crippen LogP) is 3.12. The highest BCUT2D eigenvalue weighted by atomic mass is 16.6. The number of esters is 2. The number of hydrogen-bond acceptors (Lipinski definition) is 9. The van der Waals surface area contributed by atoms with Crippen LogP contribution in [0.25, 0.3) is 0 Å². The van der Waals surface area contributed by atoms with Crippen LogP contribution in [-0.2, 0) is 24.7 Å². The highest BCUT2D eigenvalue weighted by Gasteiger charge is 2.54. The smallest absolute Gasteiger partial charge is 0.340 e. The third-order valence-corrected chi connectivity index (χ3v) is 6.44. The average molecular weight is 472 g/mol. The molecule has 2 N–H and O–H groups in total. The van der Waals surface area contributed by atoms with E-state index in [9.17, 15) is 29.4 Å². The number of carbonyl (C=O) groups excluding carboxylic acids is 4. The van der Waals surface area contributed by atoms with Crippen LogP contribution in [0.2, 0.25) is 0 Å². The van der Waals surface area contributed by atoms with Gasteiger partial charge in [-0.05, 0) is 36.4 Å². The molecule has 174 valence electrons. The molecule has 0 bridgehead atoms. The minimum Gasteiger partial charge on any atom is -0.508 e. The van der Waals surface area contributed by atoms with Gasteiger partial charge in [-0.25, -0.2) is 9.59 Å². The number of carbonyl (C=O) groups is 4. The van der Waals surface area contributed by atoms with E-state index < -0.39 is 35.2 Å². The van der Waals surface area contributed by atoms with Gasteiger partial charge in [0.1, 0.15) is 23.0 Å². The molecular weight excluding hydrogens is 456 g/mol. The highest BCUT2D eigenvalue weighted by Crippen LogP contribution is 2.57. The number of ketones is 2. The van der Waals surface area contributed by atoms with Gasteiger partial charge >= 0.3 is 11.9 Å². The van der Waals surface area contributed by atoms with E-state index in [0.29, 0.717) is 16.7 Å². The van der Waals surface area contributed by atoms with Crippen LogP contribution in [0.3, 0.4) is 0 Å². The number of ether oxygens (including phenoxy) is 3. The molecule has 0 atom stereocenters. The number of Topliss-reactive ketones (excluding diaryl/α,β-unsaturated/α-hetero) is 2. The molecule has 0 amide bonds. The zero-order valence-corrected chi connectivity index (χ0v) is 17.9. The summed E-state index contributed by atoms with van der Waals surface area (Å²) in [5.74, 6) is -2.21. The Morgan fingerprint density at radius 2 is 1.40 bits per heavy atom. The Bertz CT molecular complexity index is 1420. The number of hydrogen-bond donors (Lipinski definition) is 2. The van der Waals surface area contributed by atoms with Gasteiger partial charge in [0, 0.05) is 41.7 Å². The van der Waals surface area contributed by atoms with Gasteiger partial charge in [-0.3, -0.25) is 9.59 Å². The van der Waals surface area contributed by atoms with Gasteiger partial charge in [0.05, 0.1) is 11.1 Å². The fourth-order valence-electron chi connectivity index (χ4n) is 4.83. The molecule has 1 spiro atoms. The molecule has 3 aromatic carbocycles. The first-order valence-corrected chi connectivity index (χ1v) is 10.8. The summed E-state index contributed by atoms with van der Waals surface area (Å²) in [6.45, 7) is 0. The number of benzene rings is 3. The van der Waals surface area contributed by atoms with Crippen molar-refractivity contribution in [2.45, 2.75) is 24.5 Å². The number of rotatable bonds is 2. The first-order chi connectivity index (χ1) is 16.8. The van der Waals surface area contributed by atoms with E-state index in [1.807, 2.05) is 0 Å². The van der Waals surface area contributed by atoms with Crippen molar-refractivity contribution in [1.82, 2.24) is 0 Å². The number of phenols is 2. The lowest BCUT2D eigenvalue weighted by Crippen LogP contribution is -2.33. The van der Waals surface area contributed by atoms with Crippen LogP contribution >= 0.6 is 0 Å². The largest absolute Gasteiger partial charge is 0.508 e. The van der Waals surface area contributed by atoms with Crippen molar-refractivity contribution in [1.29, 1.82) is 0 Å². The van der Waals surface area contributed by atoms with E-state index in [0.717, 1.165) is 0 Å². The van der Waals surface area contributed by atoms with E-state index in [2.05, 4.69) is 0 Å². The molecule has 2 heterocycles. The van der Waals surface area contributed by atoms with Gasteiger partial charge < -0.3 is 24.4 Å². The SMILES string of the molecule is O=C(OC1C(=O)CCC1=O)c1ccc2c(c1)C(=O)OC21c2ccc(O)cc2Oc2cc(O)ccc21. The first kappa shape index (κ1) is 20.9. The molecule has 0 saturated heterocycles. The van der Waals surface area contributed by atoms with E-state index in [4.69, 9.17) is 14.2 Å². The van der Waals surface area contributed by atoms with Gasteiger partial charge in [0.2, 0.25) is 6.10 Å². The van der Waals surface area contributed by atoms with Crippen molar-refractivity contribution in [3.63, 3.8) is 0 Å². The summed E-state index contributed by atoms with van der Waals surface area (Å²) in [5.41, 5.74) is -0.0978. The third-order valence-electron chi connectivity index (χ3n) is 6.44. The second kappa shape index (κ2) is 7.17. The molecule has 1 aliphatic carbocycles. The molecule has 9 nitrogen and oxygen atoms in total.